The van der Waals surface area contributed by atoms with Gasteiger partial charge in [-0.25, -0.2) is 0 Å². The van der Waals surface area contributed by atoms with Crippen LogP contribution in [0, 0.1) is 17.2 Å². The maximum absolute atomic E-state index is 12.4. The van der Waals surface area contributed by atoms with E-state index in [1.807, 2.05) is 4.90 Å². The second-order valence-corrected chi connectivity index (χ2v) is 5.44. The van der Waals surface area contributed by atoms with E-state index in [2.05, 4.69) is 12.2 Å². The van der Waals surface area contributed by atoms with Gasteiger partial charge in [-0.1, -0.05) is 13.0 Å². The van der Waals surface area contributed by atoms with E-state index in [0.29, 0.717) is 17.2 Å². The lowest BCUT2D eigenvalue weighted by Gasteiger charge is -2.30. The molecule has 1 heterocycles. The van der Waals surface area contributed by atoms with Crippen LogP contribution in [0.2, 0.25) is 0 Å². The number of anilines is 1. The number of nitrogens with zero attached hydrogens (tertiary/aromatic N) is 2. The molecule has 0 aliphatic carbocycles. The van der Waals surface area contributed by atoms with Gasteiger partial charge < -0.3 is 10.2 Å². The highest BCUT2D eigenvalue weighted by Gasteiger charge is 2.21. The Hall–Kier alpha value is -2.35. The van der Waals surface area contributed by atoms with E-state index >= 15 is 0 Å². The molecular formula is C16H19N3O2. The lowest BCUT2D eigenvalue weighted by atomic mass is 9.98. The third kappa shape index (κ3) is 4.06. The summed E-state index contributed by atoms with van der Waals surface area (Å²) < 4.78 is 0. The first-order chi connectivity index (χ1) is 10.1. The Labute approximate surface area is 124 Å². The molecule has 1 aromatic carbocycles. The van der Waals surface area contributed by atoms with Crippen LogP contribution in [0.5, 0.6) is 0 Å². The van der Waals surface area contributed by atoms with Crippen LogP contribution in [0.15, 0.2) is 24.3 Å². The molecule has 0 atom stereocenters. The zero-order valence-corrected chi connectivity index (χ0v) is 12.1. The van der Waals surface area contributed by atoms with Gasteiger partial charge in [-0.15, -0.1) is 0 Å². The summed E-state index contributed by atoms with van der Waals surface area (Å²) in [6.07, 6.45) is 1.87. The second-order valence-electron chi connectivity index (χ2n) is 5.44. The molecule has 0 unspecified atom stereocenters. The lowest BCUT2D eigenvalue weighted by Crippen LogP contribution is -2.37. The Balaban J connectivity index is 2.05. The number of rotatable bonds is 3. The molecule has 1 aromatic rings. The van der Waals surface area contributed by atoms with Gasteiger partial charge >= 0.3 is 0 Å². The van der Waals surface area contributed by atoms with Crippen molar-refractivity contribution in [3.8, 4) is 6.07 Å². The third-order valence-electron chi connectivity index (χ3n) is 3.70. The first-order valence-electron chi connectivity index (χ1n) is 7.16. The van der Waals surface area contributed by atoms with Gasteiger partial charge in [-0.05, 0) is 37.0 Å². The van der Waals surface area contributed by atoms with Crippen LogP contribution >= 0.6 is 0 Å². The Bertz CT molecular complexity index is 569. The van der Waals surface area contributed by atoms with Crippen LogP contribution in [-0.2, 0) is 4.79 Å². The average molecular weight is 285 g/mol. The molecule has 1 saturated heterocycles. The summed E-state index contributed by atoms with van der Waals surface area (Å²) in [6.45, 7) is 3.77. The molecule has 0 spiro atoms. The van der Waals surface area contributed by atoms with Crippen LogP contribution in [0.25, 0.3) is 0 Å². The Morgan fingerprint density at radius 1 is 1.38 bits per heavy atom. The number of likely N-dealkylation sites (tertiary alicyclic amines) is 1. The van der Waals surface area contributed by atoms with E-state index in [1.54, 1.807) is 30.3 Å². The molecule has 0 radical (unpaired) electrons. The maximum Gasteiger partial charge on any atom is 0.253 e. The van der Waals surface area contributed by atoms with Crippen molar-refractivity contribution in [2.24, 2.45) is 5.92 Å². The van der Waals surface area contributed by atoms with Crippen molar-refractivity contribution < 1.29 is 9.59 Å². The van der Waals surface area contributed by atoms with Crippen molar-refractivity contribution in [2.45, 2.75) is 26.2 Å². The number of carbonyl (C=O) groups is 2. The minimum absolute atomic E-state index is 0.00159. The molecule has 2 amide bonds. The van der Waals surface area contributed by atoms with Crippen molar-refractivity contribution in [1.29, 1.82) is 5.26 Å². The van der Waals surface area contributed by atoms with Gasteiger partial charge in [0.2, 0.25) is 5.91 Å². The molecule has 1 aliphatic rings. The van der Waals surface area contributed by atoms with Crippen LogP contribution in [0.3, 0.4) is 0 Å². The number of hydrogen-bond acceptors (Lipinski definition) is 3. The van der Waals surface area contributed by atoms with Gasteiger partial charge in [-0.3, -0.25) is 9.59 Å². The highest BCUT2D eigenvalue weighted by atomic mass is 16.2. The van der Waals surface area contributed by atoms with Gasteiger partial charge in [0.15, 0.2) is 0 Å². The van der Waals surface area contributed by atoms with Crippen LogP contribution in [-0.4, -0.2) is 29.8 Å². The Morgan fingerprint density at radius 3 is 2.76 bits per heavy atom. The molecule has 2 rings (SSSR count). The largest absolute Gasteiger partial charge is 0.339 e. The van der Waals surface area contributed by atoms with E-state index in [4.69, 9.17) is 5.26 Å². The summed E-state index contributed by atoms with van der Waals surface area (Å²) in [7, 11) is 0. The zero-order valence-electron chi connectivity index (χ0n) is 12.1. The van der Waals surface area contributed by atoms with E-state index < -0.39 is 0 Å². The molecular weight excluding hydrogens is 266 g/mol. The molecule has 21 heavy (non-hydrogen) atoms. The summed E-state index contributed by atoms with van der Waals surface area (Å²) in [5, 5.41) is 11.1. The number of hydrogen-bond donors (Lipinski definition) is 1. The second kappa shape index (κ2) is 6.89. The first-order valence-corrected chi connectivity index (χ1v) is 7.16. The molecule has 0 bridgehead atoms. The molecule has 5 heteroatoms. The van der Waals surface area contributed by atoms with Crippen molar-refractivity contribution in [3.05, 3.63) is 29.8 Å². The standard InChI is InChI=1S/C16H19N3O2/c1-12-6-9-19(10-7-12)16(21)13-3-2-4-14(11-13)18-15(20)5-8-17/h2-4,11-12H,5-7,9-10H2,1H3,(H,18,20). The van der Waals surface area contributed by atoms with Gasteiger partial charge in [0.25, 0.3) is 5.91 Å². The fraction of sp³-hybridized carbons (Fsp3) is 0.438. The van der Waals surface area contributed by atoms with E-state index in [1.165, 1.54) is 0 Å². The van der Waals surface area contributed by atoms with E-state index in [0.717, 1.165) is 25.9 Å². The predicted molar refractivity (Wildman–Crippen MR) is 79.6 cm³/mol. The van der Waals surface area contributed by atoms with Crippen LogP contribution in [0.1, 0.15) is 36.5 Å². The highest BCUT2D eigenvalue weighted by molar-refractivity contribution is 5.97. The topological polar surface area (TPSA) is 73.2 Å². The fourth-order valence-electron chi connectivity index (χ4n) is 2.40. The quantitative estimate of drug-likeness (QED) is 0.926. The molecule has 5 nitrogen and oxygen atoms in total. The minimum Gasteiger partial charge on any atom is -0.339 e. The van der Waals surface area contributed by atoms with Crippen molar-refractivity contribution in [1.82, 2.24) is 4.90 Å². The van der Waals surface area contributed by atoms with Crippen LogP contribution < -0.4 is 5.32 Å². The highest BCUT2D eigenvalue weighted by Crippen LogP contribution is 2.19. The summed E-state index contributed by atoms with van der Waals surface area (Å²) >= 11 is 0. The lowest BCUT2D eigenvalue weighted by molar-refractivity contribution is -0.115. The van der Waals surface area contributed by atoms with Crippen molar-refractivity contribution in [3.63, 3.8) is 0 Å². The normalized spacial score (nSPS) is 15.3. The molecule has 0 saturated carbocycles. The number of nitriles is 1. The van der Waals surface area contributed by atoms with E-state index in [9.17, 15) is 9.59 Å². The van der Waals surface area contributed by atoms with Gasteiger partial charge in [0.1, 0.15) is 6.42 Å². The number of nitrogens with one attached hydrogen (secondary N) is 1. The van der Waals surface area contributed by atoms with Gasteiger partial charge in [0, 0.05) is 24.3 Å². The number of carbonyl (C=O) groups excluding carboxylic acids is 2. The fourth-order valence-corrected chi connectivity index (χ4v) is 2.40. The van der Waals surface area contributed by atoms with E-state index in [-0.39, 0.29) is 18.2 Å². The number of benzene rings is 1. The number of piperidine rings is 1. The minimum atomic E-state index is -0.367. The molecule has 0 aromatic heterocycles. The summed E-state index contributed by atoms with van der Waals surface area (Å²) in [5.74, 6) is 0.304. The molecule has 1 fully saturated rings. The zero-order chi connectivity index (χ0) is 15.2. The van der Waals surface area contributed by atoms with Crippen LogP contribution in [0.4, 0.5) is 5.69 Å². The smallest absolute Gasteiger partial charge is 0.253 e. The van der Waals surface area contributed by atoms with Crippen molar-refractivity contribution >= 4 is 17.5 Å². The summed E-state index contributed by atoms with van der Waals surface area (Å²) in [5.41, 5.74) is 1.12. The molecule has 1 aliphatic heterocycles. The summed E-state index contributed by atoms with van der Waals surface area (Å²) in [6, 6.07) is 8.66. The van der Waals surface area contributed by atoms with Crippen molar-refractivity contribution in [2.75, 3.05) is 18.4 Å². The Morgan fingerprint density at radius 2 is 2.10 bits per heavy atom. The monoisotopic (exact) mass is 285 g/mol. The average Bonchev–Trinajstić information content (AvgIpc) is 2.48. The van der Waals surface area contributed by atoms with Gasteiger partial charge in [-0.2, -0.15) is 5.26 Å². The van der Waals surface area contributed by atoms with Gasteiger partial charge in [0.05, 0.1) is 6.07 Å². The molecule has 110 valence electrons. The number of amides is 2. The predicted octanol–water partition coefficient (Wildman–Crippen LogP) is 2.41. The SMILES string of the molecule is CC1CCN(C(=O)c2cccc(NC(=O)CC#N)c2)CC1. The third-order valence-corrected chi connectivity index (χ3v) is 3.70. The first kappa shape index (κ1) is 15.0. The maximum atomic E-state index is 12.4. The Kier molecular flexibility index (Phi) is 4.94. The molecule has 1 N–H and O–H groups in total. The summed E-state index contributed by atoms with van der Waals surface area (Å²) in [4.78, 5) is 25.7.